The Bertz CT molecular complexity index is 1020. The van der Waals surface area contributed by atoms with Crippen molar-refractivity contribution in [2.45, 2.75) is 0 Å². The van der Waals surface area contributed by atoms with Crippen molar-refractivity contribution in [3.05, 3.63) is 100 Å². The Hall–Kier alpha value is -3.51. The number of nitrogens with one attached hydrogen (secondary N) is 2. The highest BCUT2D eigenvalue weighted by Gasteiger charge is 2.08. The molecule has 0 bridgehead atoms. The Balaban J connectivity index is 1.59. The van der Waals surface area contributed by atoms with Crippen LogP contribution in [0.15, 0.2) is 77.9 Å². The first-order valence-electron chi connectivity index (χ1n) is 8.28. The van der Waals surface area contributed by atoms with Crippen molar-refractivity contribution in [2.24, 2.45) is 5.10 Å². The summed E-state index contributed by atoms with van der Waals surface area (Å²) in [6, 6.07) is 18.6. The molecule has 3 aromatic rings. The van der Waals surface area contributed by atoms with E-state index >= 15 is 0 Å². The van der Waals surface area contributed by atoms with Gasteiger partial charge < -0.3 is 5.32 Å². The van der Waals surface area contributed by atoms with E-state index in [2.05, 4.69) is 15.8 Å². The lowest BCUT2D eigenvalue weighted by atomic mass is 10.1. The highest BCUT2D eigenvalue weighted by Crippen LogP contribution is 2.13. The molecular weight excluding hydrogens is 381 g/mol. The minimum Gasteiger partial charge on any atom is -0.322 e. The first-order chi connectivity index (χ1) is 13.5. The number of benzene rings is 3. The van der Waals surface area contributed by atoms with Crippen molar-refractivity contribution in [2.75, 3.05) is 5.32 Å². The van der Waals surface area contributed by atoms with E-state index in [1.54, 1.807) is 42.5 Å². The fraction of sp³-hybridized carbons (Fsp3) is 0. The van der Waals surface area contributed by atoms with Crippen molar-refractivity contribution < 1.29 is 14.0 Å². The van der Waals surface area contributed by atoms with E-state index in [1.807, 2.05) is 6.07 Å². The van der Waals surface area contributed by atoms with Crippen LogP contribution in [0.2, 0.25) is 5.02 Å². The number of amides is 2. The molecule has 0 heterocycles. The Morgan fingerprint density at radius 3 is 2.14 bits per heavy atom. The molecule has 0 aliphatic carbocycles. The zero-order valence-electron chi connectivity index (χ0n) is 14.5. The lowest BCUT2D eigenvalue weighted by Crippen LogP contribution is -2.18. The summed E-state index contributed by atoms with van der Waals surface area (Å²) in [6.45, 7) is 0. The Morgan fingerprint density at radius 1 is 0.857 bits per heavy atom. The van der Waals surface area contributed by atoms with Crippen LogP contribution in [0, 0.1) is 5.82 Å². The van der Waals surface area contributed by atoms with E-state index in [0.717, 1.165) is 0 Å². The van der Waals surface area contributed by atoms with Crippen molar-refractivity contribution in [3.8, 4) is 0 Å². The van der Waals surface area contributed by atoms with Gasteiger partial charge in [0.15, 0.2) is 0 Å². The molecule has 0 saturated heterocycles. The number of carbonyl (C=O) groups excluding carboxylic acids is 2. The van der Waals surface area contributed by atoms with E-state index in [1.165, 1.54) is 30.5 Å². The van der Waals surface area contributed by atoms with Gasteiger partial charge in [-0.3, -0.25) is 9.59 Å². The van der Waals surface area contributed by atoms with E-state index in [4.69, 9.17) is 11.6 Å². The van der Waals surface area contributed by atoms with Gasteiger partial charge in [-0.1, -0.05) is 29.8 Å². The molecule has 0 aromatic heterocycles. The predicted octanol–water partition coefficient (Wildman–Crippen LogP) is 4.50. The molecule has 0 spiro atoms. The molecule has 5 nitrogen and oxygen atoms in total. The van der Waals surface area contributed by atoms with Crippen LogP contribution in [0.25, 0.3) is 0 Å². The van der Waals surface area contributed by atoms with Gasteiger partial charge in [0, 0.05) is 27.4 Å². The summed E-state index contributed by atoms with van der Waals surface area (Å²) in [5.41, 5.74) is 4.31. The number of nitrogens with zero attached hydrogens (tertiary/aromatic N) is 1. The van der Waals surface area contributed by atoms with Gasteiger partial charge in [-0.15, -0.1) is 0 Å². The lowest BCUT2D eigenvalue weighted by Gasteiger charge is -2.06. The third kappa shape index (κ3) is 5.02. The molecule has 2 amide bonds. The second kappa shape index (κ2) is 8.92. The van der Waals surface area contributed by atoms with Crippen LogP contribution in [0.3, 0.4) is 0 Å². The van der Waals surface area contributed by atoms with Gasteiger partial charge in [-0.2, -0.15) is 5.10 Å². The SMILES string of the molecule is O=C(NN=Cc1ccccc1Cl)c1ccc(NC(=O)c2ccc(F)cc2)cc1. The van der Waals surface area contributed by atoms with Crippen LogP contribution >= 0.6 is 11.6 Å². The van der Waals surface area contributed by atoms with Crippen LogP contribution in [-0.2, 0) is 0 Å². The molecule has 3 aromatic carbocycles. The Morgan fingerprint density at radius 2 is 1.46 bits per heavy atom. The molecule has 0 fully saturated rings. The van der Waals surface area contributed by atoms with Gasteiger partial charge in [-0.25, -0.2) is 9.82 Å². The summed E-state index contributed by atoms with van der Waals surface area (Å²) >= 11 is 6.01. The summed E-state index contributed by atoms with van der Waals surface area (Å²) in [4.78, 5) is 24.2. The molecule has 2 N–H and O–H groups in total. The van der Waals surface area contributed by atoms with Gasteiger partial charge in [0.05, 0.1) is 6.21 Å². The minimum atomic E-state index is -0.413. The highest BCUT2D eigenvalue weighted by molar-refractivity contribution is 6.33. The third-order valence-electron chi connectivity index (χ3n) is 3.79. The average molecular weight is 396 g/mol. The monoisotopic (exact) mass is 395 g/mol. The second-order valence-electron chi connectivity index (χ2n) is 5.76. The fourth-order valence-electron chi connectivity index (χ4n) is 2.31. The van der Waals surface area contributed by atoms with Crippen LogP contribution in [0.4, 0.5) is 10.1 Å². The van der Waals surface area contributed by atoms with Crippen LogP contribution < -0.4 is 10.7 Å². The lowest BCUT2D eigenvalue weighted by molar-refractivity contribution is 0.0954. The number of rotatable bonds is 5. The van der Waals surface area contributed by atoms with Gasteiger partial charge in [0.25, 0.3) is 11.8 Å². The summed E-state index contributed by atoms with van der Waals surface area (Å²) < 4.78 is 12.9. The normalized spacial score (nSPS) is 10.6. The predicted molar refractivity (Wildman–Crippen MR) is 107 cm³/mol. The van der Waals surface area contributed by atoms with Gasteiger partial charge in [0.2, 0.25) is 0 Å². The first-order valence-corrected chi connectivity index (χ1v) is 8.65. The quantitative estimate of drug-likeness (QED) is 0.493. The van der Waals surface area contributed by atoms with Gasteiger partial charge in [-0.05, 0) is 54.6 Å². The molecule has 28 heavy (non-hydrogen) atoms. The average Bonchev–Trinajstić information content (AvgIpc) is 2.70. The largest absolute Gasteiger partial charge is 0.322 e. The Kier molecular flexibility index (Phi) is 6.14. The van der Waals surface area contributed by atoms with Crippen molar-refractivity contribution in [1.82, 2.24) is 5.43 Å². The highest BCUT2D eigenvalue weighted by atomic mass is 35.5. The standard InChI is InChI=1S/C21H15ClFN3O2/c22-19-4-2-1-3-16(19)13-24-26-21(28)15-7-11-18(12-8-15)25-20(27)14-5-9-17(23)10-6-14/h1-13H,(H,25,27)(H,26,28). The molecular formula is C21H15ClFN3O2. The molecule has 0 saturated carbocycles. The maximum atomic E-state index is 12.9. The number of hydrazone groups is 1. The van der Waals surface area contributed by atoms with Gasteiger partial charge >= 0.3 is 0 Å². The zero-order valence-corrected chi connectivity index (χ0v) is 15.3. The fourth-order valence-corrected chi connectivity index (χ4v) is 2.50. The maximum absolute atomic E-state index is 12.9. The Labute approximate surface area is 165 Å². The number of halogens is 2. The first kappa shape index (κ1) is 19.3. The summed E-state index contributed by atoms with van der Waals surface area (Å²) in [5, 5.41) is 7.09. The zero-order chi connectivity index (χ0) is 19.9. The van der Waals surface area contributed by atoms with Gasteiger partial charge in [0.1, 0.15) is 5.82 Å². The molecule has 0 aliphatic heterocycles. The van der Waals surface area contributed by atoms with E-state index in [9.17, 15) is 14.0 Å². The summed E-state index contributed by atoms with van der Waals surface area (Å²) in [7, 11) is 0. The number of hydrogen-bond donors (Lipinski definition) is 2. The van der Waals surface area contributed by atoms with Crippen LogP contribution in [0.5, 0.6) is 0 Å². The third-order valence-corrected chi connectivity index (χ3v) is 4.13. The molecule has 7 heteroatoms. The molecule has 0 atom stereocenters. The molecule has 3 rings (SSSR count). The second-order valence-corrected chi connectivity index (χ2v) is 6.17. The molecule has 0 unspecified atom stereocenters. The van der Waals surface area contributed by atoms with E-state index in [-0.39, 0.29) is 5.91 Å². The number of carbonyl (C=O) groups is 2. The van der Waals surface area contributed by atoms with E-state index < -0.39 is 11.7 Å². The number of anilines is 1. The molecule has 0 aliphatic rings. The number of hydrogen-bond acceptors (Lipinski definition) is 3. The summed E-state index contributed by atoms with van der Waals surface area (Å²) in [6.07, 6.45) is 1.46. The van der Waals surface area contributed by atoms with Crippen molar-refractivity contribution >= 4 is 35.3 Å². The van der Waals surface area contributed by atoms with Crippen molar-refractivity contribution in [3.63, 3.8) is 0 Å². The molecule has 140 valence electrons. The smallest absolute Gasteiger partial charge is 0.271 e. The minimum absolute atomic E-state index is 0.331. The van der Waals surface area contributed by atoms with Crippen LogP contribution in [-0.4, -0.2) is 18.0 Å². The van der Waals surface area contributed by atoms with Crippen LogP contribution in [0.1, 0.15) is 26.3 Å². The van der Waals surface area contributed by atoms with Crippen molar-refractivity contribution in [1.29, 1.82) is 0 Å². The van der Waals surface area contributed by atoms with E-state index in [0.29, 0.717) is 27.4 Å². The maximum Gasteiger partial charge on any atom is 0.271 e. The topological polar surface area (TPSA) is 70.6 Å². The summed E-state index contributed by atoms with van der Waals surface area (Å²) in [5.74, 6) is -1.19. The molecule has 0 radical (unpaired) electrons.